The summed E-state index contributed by atoms with van der Waals surface area (Å²) in [4.78, 5) is 53.9. The molecular formula is C25H25N5O4SY-2. The quantitative estimate of drug-likeness (QED) is 0.221. The number of H-pyrrole nitrogens is 1. The van der Waals surface area contributed by atoms with Crippen molar-refractivity contribution < 1.29 is 53.3 Å². The third-order valence-corrected chi connectivity index (χ3v) is 6.52. The van der Waals surface area contributed by atoms with E-state index in [1.165, 1.54) is 35.7 Å². The smallest absolute Gasteiger partial charge is 0.295 e. The average Bonchev–Trinajstić information content (AvgIpc) is 3.58. The molecule has 1 aromatic carbocycles. The molecule has 11 heteroatoms. The number of nitrogens with one attached hydrogen (secondary N) is 1. The average molecular weight is 580 g/mol. The summed E-state index contributed by atoms with van der Waals surface area (Å²) >= 11 is 1.30. The summed E-state index contributed by atoms with van der Waals surface area (Å²) in [6, 6.07) is 9.01. The van der Waals surface area contributed by atoms with E-state index in [1.807, 2.05) is 18.2 Å². The maximum Gasteiger partial charge on any atom is 0.295 e. The minimum absolute atomic E-state index is 0. The van der Waals surface area contributed by atoms with Gasteiger partial charge in [-0.15, -0.1) is 0 Å². The molecule has 1 fully saturated rings. The largest absolute Gasteiger partial charge is 0.494 e. The molecule has 3 aromatic heterocycles. The zero-order chi connectivity index (χ0) is 23.7. The third kappa shape index (κ3) is 5.11. The van der Waals surface area contributed by atoms with Crippen LogP contribution in [0.5, 0.6) is 5.75 Å². The first-order valence-electron chi connectivity index (χ1n) is 10.6. The number of ether oxygens (including phenoxy) is 1. The number of pyridine rings is 1. The zero-order valence-electron chi connectivity index (χ0n) is 19.9. The monoisotopic (exact) mass is 580 g/mol. The number of fused-ring (bicyclic) bond motifs is 1. The van der Waals surface area contributed by atoms with E-state index in [-0.39, 0.29) is 66.1 Å². The third-order valence-electron chi connectivity index (χ3n) is 5.80. The molecule has 36 heavy (non-hydrogen) atoms. The number of hydrogen-bond acceptors (Lipinski definition) is 7. The van der Waals surface area contributed by atoms with Gasteiger partial charge in [-0.1, -0.05) is 24.4 Å². The number of rotatable bonds is 5. The number of carbonyl (C=O) groups excluding carboxylic acids is 3. The van der Waals surface area contributed by atoms with Crippen LogP contribution in [-0.4, -0.2) is 75.6 Å². The molecule has 1 saturated heterocycles. The maximum absolute atomic E-state index is 13.2. The van der Waals surface area contributed by atoms with Gasteiger partial charge in [0.15, 0.2) is 0 Å². The van der Waals surface area contributed by atoms with Crippen LogP contribution in [0.3, 0.4) is 0 Å². The number of thiazole rings is 1. The minimum atomic E-state index is -0.643. The van der Waals surface area contributed by atoms with Crippen molar-refractivity contribution in [2.45, 2.75) is 0 Å². The zero-order valence-corrected chi connectivity index (χ0v) is 23.5. The minimum Gasteiger partial charge on any atom is -0.494 e. The Morgan fingerprint density at radius 2 is 1.78 bits per heavy atom. The summed E-state index contributed by atoms with van der Waals surface area (Å²) in [7, 11) is 1.49. The van der Waals surface area contributed by atoms with Gasteiger partial charge in [-0.25, -0.2) is 0 Å². The summed E-state index contributed by atoms with van der Waals surface area (Å²) in [5, 5.41) is 4.05. The van der Waals surface area contributed by atoms with Gasteiger partial charge in [-0.2, -0.15) is 5.38 Å². The molecule has 0 unspecified atom stereocenters. The molecule has 0 saturated carbocycles. The van der Waals surface area contributed by atoms with Crippen molar-refractivity contribution in [3.63, 3.8) is 0 Å². The molecule has 1 aliphatic rings. The second-order valence-electron chi connectivity index (χ2n) is 7.69. The Kier molecular flexibility index (Phi) is 9.10. The van der Waals surface area contributed by atoms with Crippen LogP contribution in [0.15, 0.2) is 48.9 Å². The molecule has 1 aliphatic heterocycles. The van der Waals surface area contributed by atoms with E-state index < -0.39 is 11.7 Å². The van der Waals surface area contributed by atoms with E-state index in [9.17, 15) is 14.4 Å². The number of Topliss-reactive ketones (excluding diaryl/α,β-unsaturated/α-hetero) is 1. The van der Waals surface area contributed by atoms with Gasteiger partial charge in [-0.05, 0) is 17.1 Å². The van der Waals surface area contributed by atoms with E-state index in [0.717, 1.165) is 0 Å². The van der Waals surface area contributed by atoms with E-state index in [4.69, 9.17) is 4.74 Å². The second-order valence-corrected chi connectivity index (χ2v) is 8.52. The first-order chi connectivity index (χ1) is 16.6. The molecule has 4 aromatic rings. The van der Waals surface area contributed by atoms with Crippen LogP contribution in [0.25, 0.3) is 21.6 Å². The number of methoxy groups -OCH3 is 1. The molecule has 1 radical (unpaired) electrons. The van der Waals surface area contributed by atoms with Crippen molar-refractivity contribution in [3.8, 4) is 16.5 Å². The predicted molar refractivity (Wildman–Crippen MR) is 134 cm³/mol. The summed E-state index contributed by atoms with van der Waals surface area (Å²) in [5.74, 6) is -0.958. The Bertz CT molecular complexity index is 1370. The number of hydrogen-bond donors (Lipinski definition) is 1. The topological polar surface area (TPSA) is 108 Å². The molecule has 185 valence electrons. The Labute approximate surface area is 239 Å². The number of benzene rings is 1. The van der Waals surface area contributed by atoms with Gasteiger partial charge in [0.25, 0.3) is 17.6 Å². The van der Waals surface area contributed by atoms with Crippen LogP contribution in [0.4, 0.5) is 0 Å². The molecular weight excluding hydrogens is 555 g/mol. The van der Waals surface area contributed by atoms with Crippen LogP contribution in [0.2, 0.25) is 0 Å². The Morgan fingerprint density at radius 3 is 2.42 bits per heavy atom. The van der Waals surface area contributed by atoms with Gasteiger partial charge < -0.3 is 43.3 Å². The first kappa shape index (κ1) is 27.6. The van der Waals surface area contributed by atoms with E-state index in [0.29, 0.717) is 46.0 Å². The molecule has 0 aliphatic carbocycles. The standard InChI is InChI=1S/C24H20N5O4S.CH3.Y.H2/c1-33-17-14-27-20(22-25-7-12-34-22)19-18(17)16(13-26-19)21(30)24(32)29-10-8-28(9-11-29)23(31)15-5-3-2-4-6-15;;;/h2-7,13-14,26H,8-11H2,1H3;1H3;;1H/q2*-1;;. The molecule has 0 spiro atoms. The van der Waals surface area contributed by atoms with E-state index >= 15 is 0 Å². The van der Waals surface area contributed by atoms with Crippen LogP contribution < -0.4 is 4.74 Å². The molecule has 5 rings (SSSR count). The summed E-state index contributed by atoms with van der Waals surface area (Å²) in [5.41, 5.74) is 1.94. The number of piperazine rings is 1. The van der Waals surface area contributed by atoms with Crippen LogP contribution in [0.1, 0.15) is 22.1 Å². The fourth-order valence-corrected chi connectivity index (χ4v) is 4.63. The summed E-state index contributed by atoms with van der Waals surface area (Å²) < 4.78 is 5.43. The van der Waals surface area contributed by atoms with Crippen molar-refractivity contribution in [1.82, 2.24) is 24.8 Å². The van der Waals surface area contributed by atoms with Crippen molar-refractivity contribution in [2.24, 2.45) is 0 Å². The molecule has 1 N–H and O–H groups in total. The van der Waals surface area contributed by atoms with Gasteiger partial charge in [0.2, 0.25) is 0 Å². The van der Waals surface area contributed by atoms with Gasteiger partial charge in [0.05, 0.1) is 29.8 Å². The second kappa shape index (κ2) is 11.9. The Hall–Kier alpha value is -2.95. The van der Waals surface area contributed by atoms with Gasteiger partial charge in [-0.3, -0.25) is 19.4 Å². The molecule has 9 nitrogen and oxygen atoms in total. The van der Waals surface area contributed by atoms with Crippen molar-refractivity contribution in [1.29, 1.82) is 0 Å². The maximum atomic E-state index is 13.2. The van der Waals surface area contributed by atoms with Gasteiger partial charge in [0.1, 0.15) is 5.75 Å². The van der Waals surface area contributed by atoms with Crippen LogP contribution in [-0.2, 0) is 37.5 Å². The predicted octanol–water partition coefficient (Wildman–Crippen LogP) is 3.36. The van der Waals surface area contributed by atoms with Gasteiger partial charge in [0, 0.05) is 77.8 Å². The summed E-state index contributed by atoms with van der Waals surface area (Å²) in [6.45, 7) is 1.28. The van der Waals surface area contributed by atoms with Gasteiger partial charge >= 0.3 is 0 Å². The molecule has 4 heterocycles. The molecule has 0 bridgehead atoms. The normalized spacial score (nSPS) is 13.0. The van der Waals surface area contributed by atoms with Crippen LogP contribution in [0, 0.1) is 12.8 Å². The Morgan fingerprint density at radius 1 is 1.08 bits per heavy atom. The van der Waals surface area contributed by atoms with Crippen molar-refractivity contribution >= 4 is 39.8 Å². The van der Waals surface area contributed by atoms with Crippen LogP contribution >= 0.6 is 11.3 Å². The SMILES string of the molecule is COc1cnc(-c2nc[c-]s2)c2[nH]cc(C(=O)C(=O)N3CCN(C(=O)c4ccccc4)CC3)c12.[CH3-].[HH].[Y]. The number of nitrogens with zero attached hydrogens (tertiary/aromatic N) is 4. The molecule has 0 atom stereocenters. The Balaban J connectivity index is 0.00000160. The molecule has 2 amide bonds. The van der Waals surface area contributed by atoms with E-state index in [2.05, 4.69) is 20.3 Å². The number of amides is 2. The number of carbonyl (C=O) groups is 3. The number of aromatic nitrogens is 3. The first-order valence-corrected chi connectivity index (χ1v) is 11.4. The fraction of sp³-hybridized carbons (Fsp3) is 0.200. The van der Waals surface area contributed by atoms with E-state index in [1.54, 1.807) is 23.2 Å². The van der Waals surface area contributed by atoms with Crippen molar-refractivity contribution in [2.75, 3.05) is 33.3 Å². The number of ketones is 1. The fourth-order valence-electron chi connectivity index (χ4n) is 4.05. The van der Waals surface area contributed by atoms with Crippen molar-refractivity contribution in [3.05, 3.63) is 72.9 Å². The summed E-state index contributed by atoms with van der Waals surface area (Å²) in [6.07, 6.45) is 4.58. The number of aromatic amines is 1.